The lowest BCUT2D eigenvalue weighted by molar-refractivity contribution is -0.163. The molecule has 35 heteroatoms. The number of carboxylic acid groups (broad SMARTS) is 3. The lowest BCUT2D eigenvalue weighted by Crippen LogP contribution is -2.48. The highest BCUT2D eigenvalue weighted by molar-refractivity contribution is 7.90. The number of benzene rings is 4. The van der Waals surface area contributed by atoms with E-state index in [4.69, 9.17) is 18.9 Å². The summed E-state index contributed by atoms with van der Waals surface area (Å²) in [6, 6.07) is 16.6. The minimum atomic E-state index is -4.68. The zero-order chi connectivity index (χ0) is 97.8. The van der Waals surface area contributed by atoms with Crippen LogP contribution in [0, 0.1) is 119 Å². The number of ketones is 2. The number of carbonyl (C=O) groups is 14. The molecule has 0 aliphatic carbocycles. The standard InChI is InChI=1S/C96H134N6O27S2/c1-18-26-38-97-83(107)76(65(89(113)114)46-59(23-6)78(93(120)128-25-8)66(90(115)116)45-56(20-3)75-55(11)92(119)129-94(75)121)57(21-4)44-64-77(87(111)101(85(64)109)42-27-19-2)58(22-5)47-67-80(88(112)102(86(67)110)43-29-41-100-131(124,125)74-49-63(70(104)51-72(74)127-17)82(106)61-36-32-54(10)33-37-61)96(14,15)52-68(91(117)118)79(95(12,13)24-7)84(108)98-39-28-40-99-130(122,123)73-48-62(69(103)50-71(73)126-16)81(105)60-34-30-53(9)31-35-60/h30-37,48-51,55-59,64-68,75-80,99-100,103-104H,18-29,38-47,52H2,1-17H3,(H,97,107)(H,98,108)(H,113,114)(H,115,116)(H,117,118). The maximum absolute atomic E-state index is 16.0. The van der Waals surface area contributed by atoms with Crippen LogP contribution in [0.15, 0.2) is 82.6 Å². The Morgan fingerprint density at radius 3 is 1.43 bits per heavy atom. The van der Waals surface area contributed by atoms with E-state index in [-0.39, 0.29) is 131 Å². The first-order valence-corrected chi connectivity index (χ1v) is 48.6. The second-order valence-corrected chi connectivity index (χ2v) is 39.9. The van der Waals surface area contributed by atoms with E-state index in [1.54, 1.807) is 93.5 Å². The van der Waals surface area contributed by atoms with Gasteiger partial charge in [0.2, 0.25) is 55.5 Å². The zero-order valence-corrected chi connectivity index (χ0v) is 80.0. The molecule has 0 bridgehead atoms. The van der Waals surface area contributed by atoms with Crippen molar-refractivity contribution in [3.63, 3.8) is 0 Å². The number of likely N-dealkylation sites (tertiary alicyclic amines) is 2. The van der Waals surface area contributed by atoms with Crippen LogP contribution in [0.4, 0.5) is 0 Å². The summed E-state index contributed by atoms with van der Waals surface area (Å²) in [5.41, 5.74) is -1.54. The maximum Gasteiger partial charge on any atom is 0.317 e. The fourth-order valence-corrected chi connectivity index (χ4v) is 22.0. The van der Waals surface area contributed by atoms with Gasteiger partial charge in [0.1, 0.15) is 32.8 Å². The molecule has 131 heavy (non-hydrogen) atoms. The number of aromatic hydroxyl groups is 2. The molecule has 3 heterocycles. The number of hydrogen-bond donors (Lipinski definition) is 9. The molecule has 4 aromatic rings. The molecule has 16 atom stereocenters. The summed E-state index contributed by atoms with van der Waals surface area (Å²) in [7, 11) is -6.89. The first kappa shape index (κ1) is 108. The minimum absolute atomic E-state index is 0.0115. The Hall–Kier alpha value is -10.5. The Balaban J connectivity index is 1.28. The smallest absolute Gasteiger partial charge is 0.317 e. The number of esters is 3. The van der Waals surface area contributed by atoms with E-state index in [1.165, 1.54) is 45.2 Å². The highest BCUT2D eigenvalue weighted by Gasteiger charge is 2.60. The van der Waals surface area contributed by atoms with E-state index >= 15 is 28.8 Å². The zero-order valence-electron chi connectivity index (χ0n) is 78.4. The van der Waals surface area contributed by atoms with Crippen LogP contribution in [0.2, 0.25) is 0 Å². The molecular formula is C96H134N6O27S2. The first-order chi connectivity index (χ1) is 61.7. The molecule has 33 nitrogen and oxygen atoms in total. The van der Waals surface area contributed by atoms with Gasteiger partial charge in [-0.25, -0.2) is 26.3 Å². The molecule has 3 aliphatic heterocycles. The molecule has 0 saturated carbocycles. The average Bonchev–Trinajstić information content (AvgIpc) is 1.60. The number of sulfonamides is 2. The highest BCUT2D eigenvalue weighted by atomic mass is 32.2. The molecule has 7 rings (SSSR count). The summed E-state index contributed by atoms with van der Waals surface area (Å²) in [6.07, 6.45) is -0.248. The van der Waals surface area contributed by atoms with E-state index in [0.29, 0.717) is 25.7 Å². The number of ether oxygens (including phenoxy) is 4. The minimum Gasteiger partial charge on any atom is -0.507 e. The molecule has 0 aromatic heterocycles. The normalized spacial score (nSPS) is 19.7. The fraction of sp³-hybridized carbons (Fsp3) is 0.604. The number of carboxylic acids is 3. The van der Waals surface area contributed by atoms with E-state index in [9.17, 15) is 80.7 Å². The Morgan fingerprint density at radius 1 is 0.511 bits per heavy atom. The van der Waals surface area contributed by atoms with Crippen LogP contribution in [-0.4, -0.2) is 195 Å². The number of phenols is 2. The van der Waals surface area contributed by atoms with Gasteiger partial charge in [0.15, 0.2) is 11.6 Å². The number of aliphatic carboxylic acids is 3. The van der Waals surface area contributed by atoms with Gasteiger partial charge in [-0.2, -0.15) is 0 Å². The monoisotopic (exact) mass is 1870 g/mol. The summed E-state index contributed by atoms with van der Waals surface area (Å²) < 4.78 is 83.1. The molecule has 4 aromatic carbocycles. The number of aryl methyl sites for hydroxylation is 2. The van der Waals surface area contributed by atoms with Gasteiger partial charge in [0.05, 0.1) is 103 Å². The number of cyclic esters (lactones) is 2. The van der Waals surface area contributed by atoms with E-state index in [1.807, 2.05) is 20.8 Å². The summed E-state index contributed by atoms with van der Waals surface area (Å²) in [5.74, 6) is -36.3. The van der Waals surface area contributed by atoms with Crippen molar-refractivity contribution in [3.05, 3.63) is 106 Å². The van der Waals surface area contributed by atoms with Gasteiger partial charge in [0.25, 0.3) is 0 Å². The number of methoxy groups -OCH3 is 2. The largest absolute Gasteiger partial charge is 0.507 e. The van der Waals surface area contributed by atoms with E-state index in [2.05, 4.69) is 20.1 Å². The van der Waals surface area contributed by atoms with E-state index < -0.39 is 256 Å². The Labute approximate surface area is 768 Å². The van der Waals surface area contributed by atoms with Gasteiger partial charge in [-0.05, 0) is 125 Å². The van der Waals surface area contributed by atoms with Crippen molar-refractivity contribution in [3.8, 4) is 23.0 Å². The molecule has 16 unspecified atom stereocenters. The number of carbonyl (C=O) groups excluding carboxylic acids is 11. The molecular weight excluding hydrogens is 1730 g/mol. The molecule has 3 aliphatic rings. The van der Waals surface area contributed by atoms with Gasteiger partial charge >= 0.3 is 35.8 Å². The molecule has 0 radical (unpaired) electrons. The maximum atomic E-state index is 16.0. The number of imide groups is 2. The van der Waals surface area contributed by atoms with Crippen LogP contribution < -0.4 is 29.6 Å². The molecule has 3 fully saturated rings. The molecule has 3 saturated heterocycles. The van der Waals surface area contributed by atoms with Gasteiger partial charge in [-0.15, -0.1) is 0 Å². The quantitative estimate of drug-likeness (QED) is 0.00652. The van der Waals surface area contributed by atoms with E-state index in [0.717, 1.165) is 52.3 Å². The van der Waals surface area contributed by atoms with Crippen LogP contribution in [0.3, 0.4) is 0 Å². The Kier molecular flexibility index (Phi) is 38.7. The third kappa shape index (κ3) is 25.5. The molecule has 0 spiro atoms. The van der Waals surface area contributed by atoms with Gasteiger partial charge in [-0.1, -0.05) is 188 Å². The Morgan fingerprint density at radius 2 is 0.977 bits per heavy atom. The molecule has 6 amide bonds. The topological polar surface area (TPSA) is 500 Å². The summed E-state index contributed by atoms with van der Waals surface area (Å²) in [4.78, 5) is 205. The van der Waals surface area contributed by atoms with Crippen molar-refractivity contribution < 1.29 is 128 Å². The number of hydrogen-bond acceptors (Lipinski definition) is 24. The van der Waals surface area contributed by atoms with Crippen LogP contribution in [0.25, 0.3) is 0 Å². The average molecular weight is 1870 g/mol. The number of rotatable bonds is 55. The predicted molar refractivity (Wildman–Crippen MR) is 482 cm³/mol. The predicted octanol–water partition coefficient (Wildman–Crippen LogP) is 11.6. The van der Waals surface area contributed by atoms with Gasteiger partial charge in [0, 0.05) is 62.5 Å². The van der Waals surface area contributed by atoms with Crippen molar-refractivity contribution in [2.24, 2.45) is 106 Å². The number of phenolic OH excluding ortho intramolecular Hbond substituents is 2. The summed E-state index contributed by atoms with van der Waals surface area (Å²) in [6.45, 7) is 23.4. The summed E-state index contributed by atoms with van der Waals surface area (Å²) in [5, 5.41) is 62.2. The van der Waals surface area contributed by atoms with Crippen molar-refractivity contribution in [2.75, 3.05) is 60.1 Å². The van der Waals surface area contributed by atoms with Crippen molar-refractivity contribution in [1.82, 2.24) is 29.9 Å². The first-order valence-electron chi connectivity index (χ1n) is 45.6. The van der Waals surface area contributed by atoms with Gasteiger partial charge in [-0.3, -0.25) is 76.9 Å². The van der Waals surface area contributed by atoms with Crippen molar-refractivity contribution >= 4 is 103 Å². The van der Waals surface area contributed by atoms with Crippen LogP contribution in [0.5, 0.6) is 23.0 Å². The van der Waals surface area contributed by atoms with Crippen LogP contribution in [0.1, 0.15) is 236 Å². The van der Waals surface area contributed by atoms with Crippen LogP contribution in [-0.2, 0) is 87.1 Å². The molecule has 722 valence electrons. The van der Waals surface area contributed by atoms with Crippen LogP contribution >= 0.6 is 0 Å². The number of amides is 6. The van der Waals surface area contributed by atoms with Crippen molar-refractivity contribution in [2.45, 2.75) is 216 Å². The molecule has 9 N–H and O–H groups in total. The SMILES string of the molecule is CCCCNC(=O)C(C(CC)CC1C(=O)N(CCCC)C(=O)C1C(CC)CC1C(=O)N(CCCNS(=O)(=O)c2cc(C(=O)c3ccc(C)cc3)c(O)cc2OC)C(=O)C1C(C)(C)CC(C(=O)O)C(C(=O)NCCCNS(=O)(=O)c1cc(C(=O)c2ccc(C)cc2)c(O)cc1OC)C(C)(C)CC)C(CC(CC)C(C(=O)OCC)C(CC(CC)C1C(=O)OC(=O)C1C)C(=O)O)C(=O)O. The number of nitrogens with zero attached hydrogens (tertiary/aromatic N) is 2. The lowest BCUT2D eigenvalue weighted by atomic mass is 9.61. The number of unbranched alkanes of at least 4 members (excludes halogenated alkanes) is 2. The second-order valence-electron chi connectivity index (χ2n) is 36.4. The highest BCUT2D eigenvalue weighted by Crippen LogP contribution is 2.53. The summed E-state index contributed by atoms with van der Waals surface area (Å²) >= 11 is 0. The second kappa shape index (κ2) is 47.2. The van der Waals surface area contributed by atoms with Gasteiger partial charge < -0.3 is 55.1 Å². The lowest BCUT2D eigenvalue weighted by Gasteiger charge is -2.41. The number of nitrogens with one attached hydrogen (secondary N) is 4. The third-order valence-electron chi connectivity index (χ3n) is 27.2. The van der Waals surface area contributed by atoms with Crippen molar-refractivity contribution in [1.29, 1.82) is 0 Å². The Bertz CT molecular complexity index is 5050. The third-order valence-corrected chi connectivity index (χ3v) is 30.1. The fourth-order valence-electron chi connectivity index (χ4n) is 19.5.